The van der Waals surface area contributed by atoms with Crippen LogP contribution in [0, 0.1) is 0 Å². The molecule has 1 aromatic rings. The first kappa shape index (κ1) is 16.3. The summed E-state index contributed by atoms with van der Waals surface area (Å²) in [6.45, 7) is 5.13. The molecule has 0 heterocycles. The number of aryl methyl sites for hydroxylation is 1. The molecule has 2 atom stereocenters. The summed E-state index contributed by atoms with van der Waals surface area (Å²) in [5.74, 6) is 1.88. The second-order valence-corrected chi connectivity index (χ2v) is 5.64. The molecule has 3 nitrogen and oxygen atoms in total. The highest BCUT2D eigenvalue weighted by Gasteiger charge is 2.07. The van der Waals surface area contributed by atoms with Gasteiger partial charge in [-0.1, -0.05) is 19.1 Å². The van der Waals surface area contributed by atoms with Crippen LogP contribution >= 0.6 is 11.8 Å². The van der Waals surface area contributed by atoms with Gasteiger partial charge < -0.3 is 15.2 Å². The van der Waals surface area contributed by atoms with Crippen LogP contribution in [0.4, 0.5) is 0 Å². The topological polar surface area (TPSA) is 41.5 Å². The van der Waals surface area contributed by atoms with E-state index in [1.165, 1.54) is 5.56 Å². The molecule has 2 N–H and O–H groups in total. The summed E-state index contributed by atoms with van der Waals surface area (Å²) in [5.41, 5.74) is 1.25. The van der Waals surface area contributed by atoms with Gasteiger partial charge in [-0.2, -0.15) is 11.8 Å². The van der Waals surface area contributed by atoms with E-state index in [1.54, 1.807) is 11.8 Å². The van der Waals surface area contributed by atoms with Crippen LogP contribution in [0.25, 0.3) is 0 Å². The van der Waals surface area contributed by atoms with Gasteiger partial charge in [-0.3, -0.25) is 0 Å². The minimum absolute atomic E-state index is 0.326. The van der Waals surface area contributed by atoms with E-state index in [2.05, 4.69) is 31.5 Å². The highest BCUT2D eigenvalue weighted by atomic mass is 32.2. The average Bonchev–Trinajstić information content (AvgIpc) is 2.43. The Morgan fingerprint density at radius 1 is 1.42 bits per heavy atom. The first-order chi connectivity index (χ1) is 9.15. The number of aliphatic hydroxyl groups excluding tert-OH is 1. The molecule has 2 unspecified atom stereocenters. The quantitative estimate of drug-likeness (QED) is 0.730. The second kappa shape index (κ2) is 9.23. The molecular weight excluding hydrogens is 258 g/mol. The second-order valence-electron chi connectivity index (χ2n) is 4.73. The van der Waals surface area contributed by atoms with Gasteiger partial charge in [-0.15, -0.1) is 0 Å². The lowest BCUT2D eigenvalue weighted by atomic mass is 10.2. The first-order valence-corrected chi connectivity index (χ1v) is 8.17. The highest BCUT2D eigenvalue weighted by Crippen LogP contribution is 2.13. The van der Waals surface area contributed by atoms with Crippen LogP contribution in [-0.2, 0) is 6.42 Å². The lowest BCUT2D eigenvalue weighted by Gasteiger charge is -2.17. The van der Waals surface area contributed by atoms with Crippen molar-refractivity contribution in [3.05, 3.63) is 29.8 Å². The van der Waals surface area contributed by atoms with E-state index in [9.17, 15) is 5.11 Å². The number of rotatable bonds is 9. The number of aliphatic hydroxyl groups is 1. The molecule has 0 amide bonds. The molecule has 108 valence electrons. The Bertz CT molecular complexity index is 360. The van der Waals surface area contributed by atoms with Crippen molar-refractivity contribution in [2.75, 3.05) is 25.2 Å². The lowest BCUT2D eigenvalue weighted by Crippen LogP contribution is -2.37. The first-order valence-electron chi connectivity index (χ1n) is 6.77. The third kappa shape index (κ3) is 6.85. The van der Waals surface area contributed by atoms with Crippen LogP contribution < -0.4 is 10.1 Å². The molecule has 0 bridgehead atoms. The van der Waals surface area contributed by atoms with E-state index in [0.717, 1.165) is 17.9 Å². The fourth-order valence-electron chi connectivity index (χ4n) is 1.75. The predicted octanol–water partition coefficient (Wildman–Crippen LogP) is 2.33. The Balaban J connectivity index is 2.27. The van der Waals surface area contributed by atoms with Gasteiger partial charge in [0.05, 0.1) is 0 Å². The monoisotopic (exact) mass is 283 g/mol. The molecule has 0 aliphatic rings. The molecule has 0 saturated carbocycles. The molecule has 1 aromatic carbocycles. The van der Waals surface area contributed by atoms with Crippen LogP contribution in [0.15, 0.2) is 24.3 Å². The third-order valence-corrected chi connectivity index (χ3v) is 3.70. The van der Waals surface area contributed by atoms with E-state index in [-0.39, 0.29) is 0 Å². The Labute approximate surface area is 120 Å². The summed E-state index contributed by atoms with van der Waals surface area (Å²) in [5, 5.41) is 13.2. The van der Waals surface area contributed by atoms with Gasteiger partial charge >= 0.3 is 0 Å². The lowest BCUT2D eigenvalue weighted by molar-refractivity contribution is 0.105. The van der Waals surface area contributed by atoms with E-state index in [4.69, 9.17) is 4.74 Å². The molecule has 4 heteroatoms. The van der Waals surface area contributed by atoms with Crippen LogP contribution in [0.5, 0.6) is 5.75 Å². The van der Waals surface area contributed by atoms with Crippen molar-refractivity contribution in [1.29, 1.82) is 0 Å². The standard InChI is InChI=1S/C15H25NO2S/c1-4-13-6-5-7-15(8-13)18-10-14(17)9-16-12(2)11-19-3/h5-8,12,14,16-17H,4,9-11H2,1-3H3. The van der Waals surface area contributed by atoms with Gasteiger partial charge in [0.25, 0.3) is 0 Å². The predicted molar refractivity (Wildman–Crippen MR) is 83.2 cm³/mol. The molecule has 0 radical (unpaired) electrons. The molecule has 0 saturated heterocycles. The normalized spacial score (nSPS) is 14.1. The van der Waals surface area contributed by atoms with Crippen molar-refractivity contribution in [2.24, 2.45) is 0 Å². The molecule has 19 heavy (non-hydrogen) atoms. The highest BCUT2D eigenvalue weighted by molar-refractivity contribution is 7.98. The smallest absolute Gasteiger partial charge is 0.119 e. The largest absolute Gasteiger partial charge is 0.491 e. The van der Waals surface area contributed by atoms with Crippen molar-refractivity contribution in [2.45, 2.75) is 32.4 Å². The minimum atomic E-state index is -0.477. The minimum Gasteiger partial charge on any atom is -0.491 e. The third-order valence-electron chi connectivity index (χ3n) is 2.87. The van der Waals surface area contributed by atoms with Crippen LogP contribution in [0.2, 0.25) is 0 Å². The zero-order valence-corrected chi connectivity index (χ0v) is 12.9. The molecule has 0 aliphatic carbocycles. The number of hydrogen-bond donors (Lipinski definition) is 2. The summed E-state index contributed by atoms with van der Waals surface area (Å²) in [6, 6.07) is 8.42. The van der Waals surface area contributed by atoms with Crippen molar-refractivity contribution in [3.8, 4) is 5.75 Å². The Hall–Kier alpha value is -0.710. The van der Waals surface area contributed by atoms with Crippen molar-refractivity contribution in [1.82, 2.24) is 5.32 Å². The van der Waals surface area contributed by atoms with Crippen molar-refractivity contribution < 1.29 is 9.84 Å². The molecular formula is C15H25NO2S. The fourth-order valence-corrected chi connectivity index (χ4v) is 2.37. The maximum Gasteiger partial charge on any atom is 0.119 e. The maximum atomic E-state index is 9.86. The van der Waals surface area contributed by atoms with Gasteiger partial charge in [0.1, 0.15) is 18.5 Å². The van der Waals surface area contributed by atoms with E-state index in [0.29, 0.717) is 19.2 Å². The van der Waals surface area contributed by atoms with Gasteiger partial charge in [0.2, 0.25) is 0 Å². The molecule has 0 spiro atoms. The van der Waals surface area contributed by atoms with Gasteiger partial charge in [0.15, 0.2) is 0 Å². The fraction of sp³-hybridized carbons (Fsp3) is 0.600. The maximum absolute atomic E-state index is 9.86. The molecule has 1 rings (SSSR count). The Morgan fingerprint density at radius 3 is 2.89 bits per heavy atom. The molecule has 0 aliphatic heterocycles. The van der Waals surface area contributed by atoms with Crippen LogP contribution in [0.3, 0.4) is 0 Å². The van der Waals surface area contributed by atoms with Crippen molar-refractivity contribution >= 4 is 11.8 Å². The Morgan fingerprint density at radius 2 is 2.21 bits per heavy atom. The SMILES string of the molecule is CCc1cccc(OCC(O)CNC(C)CSC)c1. The number of benzene rings is 1. The van der Waals surface area contributed by atoms with E-state index < -0.39 is 6.10 Å². The summed E-state index contributed by atoms with van der Waals surface area (Å²) < 4.78 is 5.61. The number of nitrogens with one attached hydrogen (secondary N) is 1. The van der Waals surface area contributed by atoms with Gasteiger partial charge in [-0.25, -0.2) is 0 Å². The van der Waals surface area contributed by atoms with Gasteiger partial charge in [-0.05, 0) is 37.3 Å². The molecule has 0 aromatic heterocycles. The zero-order valence-electron chi connectivity index (χ0n) is 12.1. The van der Waals surface area contributed by atoms with Crippen LogP contribution in [-0.4, -0.2) is 42.4 Å². The summed E-state index contributed by atoms with van der Waals surface area (Å²) in [6.07, 6.45) is 2.60. The summed E-state index contributed by atoms with van der Waals surface area (Å²) in [7, 11) is 0. The number of thioether (sulfide) groups is 1. The molecule has 0 fully saturated rings. The number of hydrogen-bond acceptors (Lipinski definition) is 4. The van der Waals surface area contributed by atoms with E-state index >= 15 is 0 Å². The summed E-state index contributed by atoms with van der Waals surface area (Å²) >= 11 is 1.80. The Kier molecular flexibility index (Phi) is 7.94. The van der Waals surface area contributed by atoms with Gasteiger partial charge in [0, 0.05) is 18.3 Å². The zero-order chi connectivity index (χ0) is 14.1. The van der Waals surface area contributed by atoms with E-state index in [1.807, 2.05) is 18.2 Å². The van der Waals surface area contributed by atoms with Crippen molar-refractivity contribution in [3.63, 3.8) is 0 Å². The number of ether oxygens (including phenoxy) is 1. The van der Waals surface area contributed by atoms with Crippen LogP contribution in [0.1, 0.15) is 19.4 Å². The summed E-state index contributed by atoms with van der Waals surface area (Å²) in [4.78, 5) is 0. The average molecular weight is 283 g/mol.